The number of aromatic nitrogens is 2. The molecule has 4 nitrogen and oxygen atoms in total. The highest BCUT2D eigenvalue weighted by Crippen LogP contribution is 2.28. The molecule has 0 radical (unpaired) electrons. The van der Waals surface area contributed by atoms with Gasteiger partial charge in [0, 0.05) is 11.0 Å². The maximum absolute atomic E-state index is 13.3. The van der Waals surface area contributed by atoms with E-state index in [2.05, 4.69) is 9.97 Å². The molecule has 1 aromatic carbocycles. The van der Waals surface area contributed by atoms with E-state index in [1.807, 2.05) is 0 Å². The molecule has 0 aliphatic rings. The number of carboxylic acid groups (broad SMARTS) is 1. The summed E-state index contributed by atoms with van der Waals surface area (Å²) in [6.07, 6.45) is 2.29. The van der Waals surface area contributed by atoms with E-state index in [9.17, 15) is 13.6 Å². The van der Waals surface area contributed by atoms with E-state index in [1.54, 1.807) is 0 Å². The minimum absolute atomic E-state index is 0.189. The number of carboxylic acids is 1. The molecule has 0 spiro atoms. The van der Waals surface area contributed by atoms with Crippen LogP contribution in [0, 0.1) is 11.6 Å². The van der Waals surface area contributed by atoms with Gasteiger partial charge in [-0.1, -0.05) is 11.8 Å². The molecule has 2 rings (SSSR count). The average Bonchev–Trinajstić information content (AvgIpc) is 2.33. The van der Waals surface area contributed by atoms with Crippen LogP contribution in [0.5, 0.6) is 0 Å². The van der Waals surface area contributed by atoms with Crippen LogP contribution in [0.4, 0.5) is 8.78 Å². The molecular formula is C11H6F2N2O2S. The van der Waals surface area contributed by atoms with Crippen LogP contribution in [0.3, 0.4) is 0 Å². The number of nitrogens with zero attached hydrogens (tertiary/aromatic N) is 2. The lowest BCUT2D eigenvalue weighted by Crippen LogP contribution is -2.00. The smallest absolute Gasteiger partial charge is 0.356 e. The van der Waals surface area contributed by atoms with Crippen LogP contribution in [0.25, 0.3) is 0 Å². The molecule has 92 valence electrons. The van der Waals surface area contributed by atoms with Crippen LogP contribution in [-0.2, 0) is 0 Å². The third kappa shape index (κ3) is 2.80. The van der Waals surface area contributed by atoms with Crippen molar-refractivity contribution < 1.29 is 18.7 Å². The molecule has 1 aromatic heterocycles. The predicted octanol–water partition coefficient (Wildman–Crippen LogP) is 2.60. The van der Waals surface area contributed by atoms with Gasteiger partial charge in [0.15, 0.2) is 5.69 Å². The summed E-state index contributed by atoms with van der Waals surface area (Å²) >= 11 is 0.935. The maximum Gasteiger partial charge on any atom is 0.356 e. The molecular weight excluding hydrogens is 262 g/mol. The van der Waals surface area contributed by atoms with E-state index < -0.39 is 17.6 Å². The standard InChI is InChI=1S/C11H6F2N2O2S/c12-6-1-2-9(7(13)3-6)18-10-5-14-8(4-15-10)11(16)17/h1-5H,(H,16,17). The second kappa shape index (κ2) is 5.09. The summed E-state index contributed by atoms with van der Waals surface area (Å²) in [7, 11) is 0. The third-order valence-electron chi connectivity index (χ3n) is 1.96. The zero-order valence-electron chi connectivity index (χ0n) is 8.80. The van der Waals surface area contributed by atoms with Gasteiger partial charge in [0.25, 0.3) is 0 Å². The lowest BCUT2D eigenvalue weighted by Gasteiger charge is -2.02. The van der Waals surface area contributed by atoms with E-state index in [1.165, 1.54) is 12.3 Å². The molecule has 0 saturated heterocycles. The number of hydrogen-bond donors (Lipinski definition) is 1. The molecule has 0 unspecified atom stereocenters. The van der Waals surface area contributed by atoms with Crippen LogP contribution < -0.4 is 0 Å². The molecule has 1 heterocycles. The Morgan fingerprint density at radius 1 is 1.22 bits per heavy atom. The quantitative estimate of drug-likeness (QED) is 0.927. The number of aromatic carboxylic acids is 1. The normalized spacial score (nSPS) is 10.3. The van der Waals surface area contributed by atoms with Gasteiger partial charge < -0.3 is 5.11 Å². The Morgan fingerprint density at radius 3 is 2.56 bits per heavy atom. The topological polar surface area (TPSA) is 63.1 Å². The van der Waals surface area contributed by atoms with Gasteiger partial charge in [-0.2, -0.15) is 0 Å². The fourth-order valence-electron chi connectivity index (χ4n) is 1.15. The van der Waals surface area contributed by atoms with Crippen LogP contribution in [-0.4, -0.2) is 21.0 Å². The van der Waals surface area contributed by atoms with E-state index in [-0.39, 0.29) is 10.6 Å². The van der Waals surface area contributed by atoms with Crippen LogP contribution >= 0.6 is 11.8 Å². The van der Waals surface area contributed by atoms with Crippen LogP contribution in [0.1, 0.15) is 10.5 Å². The van der Waals surface area contributed by atoms with E-state index in [0.717, 1.165) is 30.1 Å². The molecule has 0 aliphatic heterocycles. The summed E-state index contributed by atoms with van der Waals surface area (Å²) in [5.41, 5.74) is -0.195. The first-order valence-corrected chi connectivity index (χ1v) is 5.56. The van der Waals surface area contributed by atoms with Gasteiger partial charge >= 0.3 is 5.97 Å². The molecule has 2 aromatic rings. The summed E-state index contributed by atoms with van der Waals surface area (Å²) in [6, 6.07) is 3.17. The fourth-order valence-corrected chi connectivity index (χ4v) is 1.88. The zero-order valence-corrected chi connectivity index (χ0v) is 9.62. The second-order valence-corrected chi connectivity index (χ2v) is 4.28. The lowest BCUT2D eigenvalue weighted by molar-refractivity contribution is 0.0689. The summed E-state index contributed by atoms with van der Waals surface area (Å²) in [5, 5.41) is 8.95. The summed E-state index contributed by atoms with van der Waals surface area (Å²) < 4.78 is 26.0. The van der Waals surface area contributed by atoms with Crippen molar-refractivity contribution in [3.8, 4) is 0 Å². The number of rotatable bonds is 3. The van der Waals surface area contributed by atoms with Crippen LogP contribution in [0.15, 0.2) is 40.5 Å². The Kier molecular flexibility index (Phi) is 3.52. The maximum atomic E-state index is 13.3. The number of carbonyl (C=O) groups is 1. The van der Waals surface area contributed by atoms with Crippen molar-refractivity contribution in [2.24, 2.45) is 0 Å². The lowest BCUT2D eigenvalue weighted by atomic mass is 10.3. The number of halogens is 2. The number of hydrogen-bond acceptors (Lipinski definition) is 4. The SMILES string of the molecule is O=C(O)c1cnc(Sc2ccc(F)cc2F)cn1. The van der Waals surface area contributed by atoms with E-state index in [0.29, 0.717) is 5.03 Å². The molecule has 0 amide bonds. The molecule has 0 aliphatic carbocycles. The third-order valence-corrected chi connectivity index (χ3v) is 2.93. The number of benzene rings is 1. The Hall–Kier alpha value is -2.02. The summed E-state index contributed by atoms with van der Waals surface area (Å²) in [4.78, 5) is 18.2. The van der Waals surface area contributed by atoms with Crippen molar-refractivity contribution >= 4 is 17.7 Å². The highest BCUT2D eigenvalue weighted by atomic mass is 32.2. The highest BCUT2D eigenvalue weighted by molar-refractivity contribution is 7.99. The molecule has 0 atom stereocenters. The minimum atomic E-state index is -1.19. The first-order chi connectivity index (χ1) is 8.56. The molecule has 7 heteroatoms. The van der Waals surface area contributed by atoms with E-state index in [4.69, 9.17) is 5.11 Å². The van der Waals surface area contributed by atoms with Crippen molar-refractivity contribution in [1.82, 2.24) is 9.97 Å². The van der Waals surface area contributed by atoms with Gasteiger partial charge in [0.2, 0.25) is 0 Å². The van der Waals surface area contributed by atoms with Gasteiger partial charge in [0.05, 0.1) is 12.4 Å². The first kappa shape index (κ1) is 12.4. The van der Waals surface area contributed by atoms with Crippen molar-refractivity contribution in [3.63, 3.8) is 0 Å². The molecule has 0 bridgehead atoms. The second-order valence-electron chi connectivity index (χ2n) is 3.22. The van der Waals surface area contributed by atoms with Crippen molar-refractivity contribution in [2.45, 2.75) is 9.92 Å². The molecule has 0 fully saturated rings. The molecule has 18 heavy (non-hydrogen) atoms. The monoisotopic (exact) mass is 268 g/mol. The largest absolute Gasteiger partial charge is 0.476 e. The van der Waals surface area contributed by atoms with Crippen molar-refractivity contribution in [2.75, 3.05) is 0 Å². The Labute approximate surface area is 105 Å². The van der Waals surface area contributed by atoms with Crippen molar-refractivity contribution in [1.29, 1.82) is 0 Å². The Balaban J connectivity index is 2.21. The van der Waals surface area contributed by atoms with Gasteiger partial charge in [0.1, 0.15) is 16.7 Å². The Morgan fingerprint density at radius 2 is 2.00 bits per heavy atom. The van der Waals surface area contributed by atoms with Gasteiger partial charge in [-0.15, -0.1) is 0 Å². The zero-order chi connectivity index (χ0) is 13.1. The minimum Gasteiger partial charge on any atom is -0.476 e. The van der Waals surface area contributed by atoms with E-state index >= 15 is 0 Å². The average molecular weight is 268 g/mol. The Bertz CT molecular complexity index is 590. The van der Waals surface area contributed by atoms with Crippen molar-refractivity contribution in [3.05, 3.63) is 47.9 Å². The van der Waals surface area contributed by atoms with Gasteiger partial charge in [-0.25, -0.2) is 23.5 Å². The van der Waals surface area contributed by atoms with Gasteiger partial charge in [-0.3, -0.25) is 0 Å². The molecule has 0 saturated carbocycles. The predicted molar refractivity (Wildman–Crippen MR) is 59.5 cm³/mol. The molecule has 1 N–H and O–H groups in total. The summed E-state index contributed by atoms with van der Waals surface area (Å²) in [6.45, 7) is 0. The summed E-state index contributed by atoms with van der Waals surface area (Å²) in [5.74, 6) is -2.56. The highest BCUT2D eigenvalue weighted by Gasteiger charge is 2.09. The first-order valence-electron chi connectivity index (χ1n) is 4.74. The van der Waals surface area contributed by atoms with Crippen LogP contribution in [0.2, 0.25) is 0 Å². The van der Waals surface area contributed by atoms with Gasteiger partial charge in [-0.05, 0) is 12.1 Å². The fraction of sp³-hybridized carbons (Fsp3) is 0.